The fourth-order valence-corrected chi connectivity index (χ4v) is 7.91. The van der Waals surface area contributed by atoms with E-state index in [9.17, 15) is 14.7 Å². The number of aliphatic carboxylic acids is 1. The summed E-state index contributed by atoms with van der Waals surface area (Å²) >= 11 is 0. The summed E-state index contributed by atoms with van der Waals surface area (Å²) in [6.45, 7) is 14.6. The van der Waals surface area contributed by atoms with Gasteiger partial charge in [0.1, 0.15) is 11.0 Å². The number of anilines is 3. The maximum absolute atomic E-state index is 13.3. The molecule has 3 aliphatic rings. The normalized spacial score (nSPS) is 20.7. The lowest BCUT2D eigenvalue weighted by atomic mass is 9.82. The van der Waals surface area contributed by atoms with E-state index < -0.39 is 11.6 Å². The van der Waals surface area contributed by atoms with Gasteiger partial charge in [-0.15, -0.1) is 6.58 Å². The minimum absolute atomic E-state index is 0.250. The van der Waals surface area contributed by atoms with E-state index in [4.69, 9.17) is 10.1 Å². The van der Waals surface area contributed by atoms with Gasteiger partial charge in [-0.05, 0) is 87.8 Å². The summed E-state index contributed by atoms with van der Waals surface area (Å²) in [5, 5.41) is 23.3. The maximum atomic E-state index is 13.3. The summed E-state index contributed by atoms with van der Waals surface area (Å²) in [6, 6.07) is 14.3. The number of rotatable bonds is 12. The van der Waals surface area contributed by atoms with Crippen molar-refractivity contribution in [1.29, 1.82) is 0 Å². The molecule has 1 saturated carbocycles. The molecule has 0 atom stereocenters. The molecule has 5 heterocycles. The minimum Gasteiger partial charge on any atom is -0.481 e. The van der Waals surface area contributed by atoms with Crippen molar-refractivity contribution in [2.24, 2.45) is 11.8 Å². The van der Waals surface area contributed by atoms with Gasteiger partial charge in [-0.2, -0.15) is 4.98 Å². The zero-order chi connectivity index (χ0) is 35.7. The Morgan fingerprint density at radius 2 is 1.73 bits per heavy atom. The number of hydrogen-bond acceptors (Lipinski definition) is 10. The molecule has 0 bridgehead atoms. The highest BCUT2D eigenvalue weighted by molar-refractivity contribution is 5.77. The molecule has 51 heavy (non-hydrogen) atoms. The average molecular weight is 696 g/mol. The van der Waals surface area contributed by atoms with Crippen LogP contribution in [0.4, 0.5) is 17.3 Å². The molecule has 3 aromatic heterocycles. The molecule has 0 unspecified atom stereocenters. The number of carboxylic acids is 1. The number of pyridine rings is 1. The number of aromatic nitrogens is 5. The average Bonchev–Trinajstić information content (AvgIpc) is 3.37. The Morgan fingerprint density at radius 3 is 2.39 bits per heavy atom. The molecule has 1 aromatic carbocycles. The highest BCUT2D eigenvalue weighted by atomic mass is 16.4. The van der Waals surface area contributed by atoms with Gasteiger partial charge in [0.25, 0.3) is 5.56 Å². The SMILES string of the molecule is C=CCn1c(=O)c2cnc(Nc3ccc(N4CCN(CC5CCC(N6CC(CC(=O)O)C6)CC5)CC4)cc3)nc2n1-c1cccc(C(C)(C)O)n1. The van der Waals surface area contributed by atoms with Crippen molar-refractivity contribution < 1.29 is 15.0 Å². The summed E-state index contributed by atoms with van der Waals surface area (Å²) in [5.41, 5.74) is 1.50. The first kappa shape index (κ1) is 34.8. The second-order valence-corrected chi connectivity index (χ2v) is 14.9. The molecule has 3 fully saturated rings. The third-order valence-electron chi connectivity index (χ3n) is 10.7. The molecule has 0 amide bonds. The zero-order valence-corrected chi connectivity index (χ0v) is 29.6. The van der Waals surface area contributed by atoms with Gasteiger partial charge in [0.05, 0.1) is 18.7 Å². The summed E-state index contributed by atoms with van der Waals surface area (Å²) < 4.78 is 3.17. The molecule has 0 spiro atoms. The number of carbonyl (C=O) groups is 1. The second-order valence-electron chi connectivity index (χ2n) is 14.9. The predicted octanol–water partition coefficient (Wildman–Crippen LogP) is 4.22. The number of benzene rings is 1. The quantitative estimate of drug-likeness (QED) is 0.183. The Kier molecular flexibility index (Phi) is 9.95. The van der Waals surface area contributed by atoms with Crippen LogP contribution in [0, 0.1) is 11.8 Å². The van der Waals surface area contributed by atoms with Crippen molar-refractivity contribution in [3.05, 3.63) is 77.4 Å². The highest BCUT2D eigenvalue weighted by Crippen LogP contribution is 2.33. The van der Waals surface area contributed by atoms with Gasteiger partial charge in [0, 0.05) is 69.4 Å². The molecule has 270 valence electrons. The Bertz CT molecular complexity index is 1910. The third-order valence-corrected chi connectivity index (χ3v) is 10.7. The number of nitrogens with one attached hydrogen (secondary N) is 1. The Balaban J connectivity index is 0.948. The molecule has 2 aliphatic heterocycles. The summed E-state index contributed by atoms with van der Waals surface area (Å²) in [4.78, 5) is 45.7. The van der Waals surface area contributed by atoms with E-state index >= 15 is 0 Å². The number of fused-ring (bicyclic) bond motifs is 1. The molecule has 1 aliphatic carbocycles. The monoisotopic (exact) mass is 695 g/mol. The lowest BCUT2D eigenvalue weighted by Gasteiger charge is -2.47. The van der Waals surface area contributed by atoms with Crippen LogP contribution in [0.25, 0.3) is 16.9 Å². The highest BCUT2D eigenvalue weighted by Gasteiger charge is 2.36. The van der Waals surface area contributed by atoms with E-state index in [-0.39, 0.29) is 12.1 Å². The number of piperazine rings is 1. The largest absolute Gasteiger partial charge is 0.481 e. The predicted molar refractivity (Wildman–Crippen MR) is 198 cm³/mol. The van der Waals surface area contributed by atoms with Gasteiger partial charge >= 0.3 is 5.97 Å². The second kappa shape index (κ2) is 14.6. The van der Waals surface area contributed by atoms with Gasteiger partial charge in [0.2, 0.25) is 5.95 Å². The van der Waals surface area contributed by atoms with E-state index in [1.807, 2.05) is 12.1 Å². The van der Waals surface area contributed by atoms with Crippen LogP contribution in [0.5, 0.6) is 0 Å². The molecule has 7 rings (SSSR count). The van der Waals surface area contributed by atoms with Crippen LogP contribution in [-0.2, 0) is 16.9 Å². The van der Waals surface area contributed by atoms with Crippen molar-refractivity contribution in [3.63, 3.8) is 0 Å². The Labute approximate surface area is 298 Å². The van der Waals surface area contributed by atoms with E-state index in [2.05, 4.69) is 48.7 Å². The summed E-state index contributed by atoms with van der Waals surface area (Å²) in [7, 11) is 0. The smallest absolute Gasteiger partial charge is 0.303 e. The first-order valence-electron chi connectivity index (χ1n) is 18.2. The van der Waals surface area contributed by atoms with Gasteiger partial charge in [-0.25, -0.2) is 19.3 Å². The molecule has 13 nitrogen and oxygen atoms in total. The van der Waals surface area contributed by atoms with Crippen LogP contribution in [0.1, 0.15) is 51.6 Å². The number of carboxylic acid groups (broad SMARTS) is 1. The maximum Gasteiger partial charge on any atom is 0.303 e. The van der Waals surface area contributed by atoms with Crippen LogP contribution in [0.2, 0.25) is 0 Å². The zero-order valence-electron chi connectivity index (χ0n) is 29.6. The minimum atomic E-state index is -1.16. The van der Waals surface area contributed by atoms with Crippen LogP contribution in [0.15, 0.2) is 66.1 Å². The van der Waals surface area contributed by atoms with Crippen molar-refractivity contribution in [3.8, 4) is 5.82 Å². The first-order valence-corrected chi connectivity index (χ1v) is 18.2. The van der Waals surface area contributed by atoms with Crippen molar-refractivity contribution in [1.82, 2.24) is 34.1 Å². The molecule has 0 radical (unpaired) electrons. The number of allylic oxidation sites excluding steroid dienone is 1. The fraction of sp³-hybridized carbons (Fsp3) is 0.500. The number of likely N-dealkylation sites (tertiary alicyclic amines) is 1. The fourth-order valence-electron chi connectivity index (χ4n) is 7.91. The lowest BCUT2D eigenvalue weighted by Crippen LogP contribution is -2.54. The van der Waals surface area contributed by atoms with E-state index in [0.29, 0.717) is 46.9 Å². The molecular weight excluding hydrogens is 646 g/mol. The number of aliphatic hydroxyl groups is 1. The summed E-state index contributed by atoms with van der Waals surface area (Å²) in [5.74, 6) is 1.23. The van der Waals surface area contributed by atoms with Crippen LogP contribution < -0.4 is 15.8 Å². The van der Waals surface area contributed by atoms with E-state index in [1.165, 1.54) is 48.8 Å². The number of hydrogen-bond donors (Lipinski definition) is 3. The Hall–Kier alpha value is -4.59. The van der Waals surface area contributed by atoms with Crippen molar-refractivity contribution >= 4 is 34.3 Å². The van der Waals surface area contributed by atoms with Gasteiger partial charge in [-0.3, -0.25) is 19.4 Å². The molecule has 3 N–H and O–H groups in total. The lowest BCUT2D eigenvalue weighted by molar-refractivity contribution is -0.140. The van der Waals surface area contributed by atoms with Crippen molar-refractivity contribution in [2.45, 2.75) is 64.1 Å². The van der Waals surface area contributed by atoms with Crippen molar-refractivity contribution in [2.75, 3.05) is 56.0 Å². The molecule has 13 heteroatoms. The molecular formula is C38H49N9O4. The Morgan fingerprint density at radius 1 is 1.00 bits per heavy atom. The molecule has 2 saturated heterocycles. The van der Waals surface area contributed by atoms with Gasteiger partial charge in [0.15, 0.2) is 11.5 Å². The van der Waals surface area contributed by atoms with Crippen LogP contribution >= 0.6 is 0 Å². The first-order chi connectivity index (χ1) is 24.6. The summed E-state index contributed by atoms with van der Waals surface area (Å²) in [6.07, 6.45) is 8.49. The third kappa shape index (κ3) is 7.70. The molecule has 4 aromatic rings. The van der Waals surface area contributed by atoms with Crippen LogP contribution in [-0.4, -0.2) is 102 Å². The van der Waals surface area contributed by atoms with E-state index in [0.717, 1.165) is 50.9 Å². The number of nitrogens with zero attached hydrogens (tertiary/aromatic N) is 8. The van der Waals surface area contributed by atoms with Gasteiger partial charge < -0.3 is 20.4 Å². The standard InChI is InChI=1S/C38H49N9O4/c1-4-16-46-36(50)31-22-39-37(42-35(31)47(46)33-7-5-6-32(41-33)38(2,3)51)40-28-10-14-29(15-11-28)44-19-17-43(18-20-44)23-26-8-12-30(13-9-26)45-24-27(25-45)21-34(48)49/h4-7,10-11,14-15,22,26-27,30,51H,1,8-9,12-13,16-21,23-25H2,2-3H3,(H,48,49)(H,39,40,42). The van der Waals surface area contributed by atoms with E-state index in [1.54, 1.807) is 42.8 Å². The van der Waals surface area contributed by atoms with Gasteiger partial charge in [-0.1, -0.05) is 12.1 Å². The van der Waals surface area contributed by atoms with Crippen LogP contribution in [0.3, 0.4) is 0 Å². The topological polar surface area (TPSA) is 145 Å².